The van der Waals surface area contributed by atoms with Crippen molar-refractivity contribution in [3.8, 4) is 0 Å². The molecule has 8 nitrogen and oxygen atoms in total. The Morgan fingerprint density at radius 1 is 1.04 bits per heavy atom. The van der Waals surface area contributed by atoms with Crippen LogP contribution in [0.4, 0.5) is 16.4 Å². The second-order valence-electron chi connectivity index (χ2n) is 7.12. The van der Waals surface area contributed by atoms with Crippen molar-refractivity contribution in [2.75, 3.05) is 62.8 Å². The van der Waals surface area contributed by atoms with Crippen molar-refractivity contribution in [3.05, 3.63) is 24.3 Å². The fourth-order valence-electron chi connectivity index (χ4n) is 3.83. The quantitative estimate of drug-likeness (QED) is 0.798. The molecule has 2 aromatic rings. The van der Waals surface area contributed by atoms with E-state index in [4.69, 9.17) is 19.4 Å². The Balaban J connectivity index is 1.60. The number of methoxy groups -OCH3 is 1. The van der Waals surface area contributed by atoms with E-state index in [0.29, 0.717) is 32.8 Å². The van der Waals surface area contributed by atoms with E-state index in [1.807, 2.05) is 31.2 Å². The lowest BCUT2D eigenvalue weighted by molar-refractivity contribution is 0.105. The van der Waals surface area contributed by atoms with Gasteiger partial charge < -0.3 is 24.2 Å². The van der Waals surface area contributed by atoms with E-state index in [-0.39, 0.29) is 12.2 Å². The van der Waals surface area contributed by atoms with Crippen molar-refractivity contribution in [2.45, 2.75) is 19.4 Å². The van der Waals surface area contributed by atoms with Gasteiger partial charge in [-0.15, -0.1) is 0 Å². The molecule has 1 aromatic heterocycles. The minimum Gasteiger partial charge on any atom is -0.450 e. The van der Waals surface area contributed by atoms with Gasteiger partial charge in [0.15, 0.2) is 11.6 Å². The van der Waals surface area contributed by atoms with Crippen LogP contribution in [0.15, 0.2) is 24.3 Å². The lowest BCUT2D eigenvalue weighted by atomic mass is 10.2. The maximum atomic E-state index is 12.0. The molecule has 2 fully saturated rings. The number of anilines is 2. The number of piperazine rings is 1. The monoisotopic (exact) mass is 385 g/mol. The third-order valence-corrected chi connectivity index (χ3v) is 5.42. The van der Waals surface area contributed by atoms with Gasteiger partial charge >= 0.3 is 6.09 Å². The SMILES string of the molecule is CCOC(=O)N1CCN(c2nc3ccccc3nc2N2CCC(OC)C2)CC1. The van der Waals surface area contributed by atoms with Crippen molar-refractivity contribution in [1.82, 2.24) is 14.9 Å². The Hall–Kier alpha value is -2.61. The van der Waals surface area contributed by atoms with E-state index in [0.717, 1.165) is 42.2 Å². The molecule has 150 valence electrons. The zero-order valence-electron chi connectivity index (χ0n) is 16.5. The Morgan fingerprint density at radius 2 is 1.68 bits per heavy atom. The smallest absolute Gasteiger partial charge is 0.409 e. The van der Waals surface area contributed by atoms with Gasteiger partial charge in [-0.2, -0.15) is 0 Å². The second kappa shape index (κ2) is 8.18. The zero-order chi connectivity index (χ0) is 19.5. The fraction of sp³-hybridized carbons (Fsp3) is 0.550. The van der Waals surface area contributed by atoms with Crippen LogP contribution in [0.3, 0.4) is 0 Å². The minimum atomic E-state index is -0.241. The first-order valence-corrected chi connectivity index (χ1v) is 9.90. The number of amides is 1. The van der Waals surface area contributed by atoms with E-state index >= 15 is 0 Å². The van der Waals surface area contributed by atoms with Gasteiger partial charge in [0.1, 0.15) is 0 Å². The summed E-state index contributed by atoms with van der Waals surface area (Å²) >= 11 is 0. The molecule has 28 heavy (non-hydrogen) atoms. The molecule has 1 aromatic carbocycles. The number of carbonyl (C=O) groups is 1. The Morgan fingerprint density at radius 3 is 2.25 bits per heavy atom. The van der Waals surface area contributed by atoms with Crippen LogP contribution in [-0.4, -0.2) is 80.1 Å². The lowest BCUT2D eigenvalue weighted by Gasteiger charge is -2.36. The lowest BCUT2D eigenvalue weighted by Crippen LogP contribution is -2.49. The molecular formula is C20H27N5O3. The number of aromatic nitrogens is 2. The van der Waals surface area contributed by atoms with E-state index in [9.17, 15) is 4.79 Å². The Bertz CT molecular complexity index is 838. The second-order valence-corrected chi connectivity index (χ2v) is 7.12. The molecule has 2 saturated heterocycles. The highest BCUT2D eigenvalue weighted by atomic mass is 16.6. The highest BCUT2D eigenvalue weighted by Gasteiger charge is 2.30. The maximum Gasteiger partial charge on any atom is 0.409 e. The van der Waals surface area contributed by atoms with E-state index < -0.39 is 0 Å². The van der Waals surface area contributed by atoms with Crippen LogP contribution >= 0.6 is 0 Å². The van der Waals surface area contributed by atoms with Crippen LogP contribution in [0.5, 0.6) is 0 Å². The topological polar surface area (TPSA) is 71.0 Å². The standard InChI is InChI=1S/C20H27N5O3/c1-3-28-20(26)24-12-10-23(11-13-24)18-19(25-9-8-15(14-25)27-2)22-17-7-5-4-6-16(17)21-18/h4-7,15H,3,8-14H2,1-2H3. The van der Waals surface area contributed by atoms with Crippen molar-refractivity contribution < 1.29 is 14.3 Å². The summed E-state index contributed by atoms with van der Waals surface area (Å²) in [6.07, 6.45) is 0.970. The highest BCUT2D eigenvalue weighted by molar-refractivity contribution is 5.81. The Kier molecular flexibility index (Phi) is 5.47. The van der Waals surface area contributed by atoms with Gasteiger partial charge in [0, 0.05) is 46.4 Å². The van der Waals surface area contributed by atoms with Crippen LogP contribution < -0.4 is 9.80 Å². The maximum absolute atomic E-state index is 12.0. The van der Waals surface area contributed by atoms with Crippen LogP contribution in [-0.2, 0) is 9.47 Å². The first-order valence-electron chi connectivity index (χ1n) is 9.90. The van der Waals surface area contributed by atoms with Gasteiger partial charge in [0.25, 0.3) is 0 Å². The highest BCUT2D eigenvalue weighted by Crippen LogP contribution is 2.31. The number of hydrogen-bond donors (Lipinski definition) is 0. The summed E-state index contributed by atoms with van der Waals surface area (Å²) < 4.78 is 10.7. The first kappa shape index (κ1) is 18.7. The number of para-hydroxylation sites is 2. The molecule has 1 atom stereocenters. The molecule has 1 unspecified atom stereocenters. The summed E-state index contributed by atoms with van der Waals surface area (Å²) in [6, 6.07) is 7.96. The summed E-state index contributed by atoms with van der Waals surface area (Å²) in [5.74, 6) is 1.79. The predicted octanol–water partition coefficient (Wildman–Crippen LogP) is 2.13. The number of carbonyl (C=O) groups excluding carboxylic acids is 1. The van der Waals surface area contributed by atoms with E-state index in [1.165, 1.54) is 0 Å². The summed E-state index contributed by atoms with van der Waals surface area (Å²) in [7, 11) is 1.76. The average Bonchev–Trinajstić information content (AvgIpc) is 3.22. The molecule has 2 aliphatic heterocycles. The van der Waals surface area contributed by atoms with Gasteiger partial charge in [-0.3, -0.25) is 0 Å². The Labute approximate surface area is 165 Å². The van der Waals surface area contributed by atoms with Crippen LogP contribution in [0.2, 0.25) is 0 Å². The van der Waals surface area contributed by atoms with E-state index in [2.05, 4.69) is 9.80 Å². The molecule has 3 heterocycles. The average molecular weight is 385 g/mol. The molecule has 0 radical (unpaired) electrons. The fourth-order valence-corrected chi connectivity index (χ4v) is 3.83. The van der Waals surface area contributed by atoms with Gasteiger partial charge in [0.05, 0.1) is 23.7 Å². The zero-order valence-corrected chi connectivity index (χ0v) is 16.5. The van der Waals surface area contributed by atoms with Crippen LogP contribution in [0, 0.1) is 0 Å². The molecule has 4 rings (SSSR count). The van der Waals surface area contributed by atoms with E-state index in [1.54, 1.807) is 12.0 Å². The van der Waals surface area contributed by atoms with Gasteiger partial charge in [-0.25, -0.2) is 14.8 Å². The van der Waals surface area contributed by atoms with Gasteiger partial charge in [0.2, 0.25) is 0 Å². The largest absolute Gasteiger partial charge is 0.450 e. The number of hydrogen-bond acceptors (Lipinski definition) is 7. The molecule has 0 spiro atoms. The minimum absolute atomic E-state index is 0.224. The number of rotatable bonds is 4. The molecule has 0 aliphatic carbocycles. The number of benzene rings is 1. The molecule has 0 N–H and O–H groups in total. The third-order valence-electron chi connectivity index (χ3n) is 5.42. The van der Waals surface area contributed by atoms with Crippen LogP contribution in [0.25, 0.3) is 11.0 Å². The normalized spacial score (nSPS) is 20.1. The molecule has 0 bridgehead atoms. The number of ether oxygens (including phenoxy) is 2. The number of nitrogens with zero attached hydrogens (tertiary/aromatic N) is 5. The molecule has 2 aliphatic rings. The summed E-state index contributed by atoms with van der Waals surface area (Å²) in [6.45, 7) is 6.60. The molecule has 1 amide bonds. The van der Waals surface area contributed by atoms with Crippen LogP contribution in [0.1, 0.15) is 13.3 Å². The van der Waals surface area contributed by atoms with Crippen molar-refractivity contribution in [1.29, 1.82) is 0 Å². The van der Waals surface area contributed by atoms with Crippen molar-refractivity contribution in [2.24, 2.45) is 0 Å². The molecule has 0 saturated carbocycles. The molecular weight excluding hydrogens is 358 g/mol. The summed E-state index contributed by atoms with van der Waals surface area (Å²) in [4.78, 5) is 28.1. The first-order chi connectivity index (χ1) is 13.7. The predicted molar refractivity (Wildman–Crippen MR) is 108 cm³/mol. The van der Waals surface area contributed by atoms with Crippen molar-refractivity contribution in [3.63, 3.8) is 0 Å². The van der Waals surface area contributed by atoms with Crippen molar-refractivity contribution >= 4 is 28.8 Å². The third kappa shape index (κ3) is 3.69. The van der Waals surface area contributed by atoms with Gasteiger partial charge in [-0.05, 0) is 25.5 Å². The number of fused-ring (bicyclic) bond motifs is 1. The summed E-state index contributed by atoms with van der Waals surface area (Å²) in [5.41, 5.74) is 1.78. The van der Waals surface area contributed by atoms with Gasteiger partial charge in [-0.1, -0.05) is 12.1 Å². The molecule has 8 heteroatoms. The summed E-state index contributed by atoms with van der Waals surface area (Å²) in [5, 5.41) is 0.